The number of hydrogen-bond acceptors (Lipinski definition) is 1. The van der Waals surface area contributed by atoms with Gasteiger partial charge in [0.1, 0.15) is 5.75 Å². The smallest absolute Gasteiger partial charge is 0.119 e. The molecule has 0 radical (unpaired) electrons. The zero-order valence-electron chi connectivity index (χ0n) is 18.8. The molecule has 0 aliphatic heterocycles. The fraction of sp³-hybridized carbons (Fsp3) is 0.769. The van der Waals surface area contributed by atoms with E-state index in [1.54, 1.807) is 5.56 Å². The van der Waals surface area contributed by atoms with E-state index in [0.29, 0.717) is 17.6 Å². The highest BCUT2D eigenvalue weighted by molar-refractivity contribution is 5.57. The Hall–Kier alpha value is -0.980. The van der Waals surface area contributed by atoms with Gasteiger partial charge in [-0.05, 0) is 71.1 Å². The molecule has 1 aromatic rings. The van der Waals surface area contributed by atoms with Crippen LogP contribution in [0.3, 0.4) is 0 Å². The Morgan fingerprint density at radius 2 is 1.11 bits per heavy atom. The van der Waals surface area contributed by atoms with Crippen LogP contribution < -0.4 is 0 Å². The molecule has 0 saturated heterocycles. The van der Waals surface area contributed by atoms with Crippen molar-refractivity contribution in [2.45, 2.75) is 128 Å². The van der Waals surface area contributed by atoms with Gasteiger partial charge < -0.3 is 5.11 Å². The largest absolute Gasteiger partial charge is 0.508 e. The Morgan fingerprint density at radius 3 is 1.56 bits per heavy atom. The summed E-state index contributed by atoms with van der Waals surface area (Å²) in [6.45, 7) is 14.0. The van der Waals surface area contributed by atoms with Crippen molar-refractivity contribution in [3.63, 3.8) is 0 Å². The fourth-order valence-electron chi connectivity index (χ4n) is 5.87. The van der Waals surface area contributed by atoms with Crippen molar-refractivity contribution in [2.75, 3.05) is 0 Å². The molecule has 152 valence electrons. The van der Waals surface area contributed by atoms with Gasteiger partial charge in [-0.25, -0.2) is 0 Å². The van der Waals surface area contributed by atoms with E-state index < -0.39 is 0 Å². The zero-order chi connectivity index (χ0) is 19.8. The van der Waals surface area contributed by atoms with Crippen molar-refractivity contribution >= 4 is 0 Å². The van der Waals surface area contributed by atoms with Gasteiger partial charge in [0.25, 0.3) is 0 Å². The number of hydrogen-bond donors (Lipinski definition) is 1. The third-order valence-corrected chi connectivity index (χ3v) is 6.93. The van der Waals surface area contributed by atoms with E-state index in [0.717, 1.165) is 0 Å². The molecule has 27 heavy (non-hydrogen) atoms. The average Bonchev–Trinajstić information content (AvgIpc) is 2.60. The molecule has 2 aliphatic rings. The minimum atomic E-state index is -0.0258. The fourth-order valence-corrected chi connectivity index (χ4v) is 5.87. The predicted octanol–water partition coefficient (Wildman–Crippen LogP) is 8.08. The molecule has 3 rings (SSSR count). The summed E-state index contributed by atoms with van der Waals surface area (Å²) in [4.78, 5) is 0. The van der Waals surface area contributed by atoms with Crippen molar-refractivity contribution in [3.05, 3.63) is 28.3 Å². The topological polar surface area (TPSA) is 20.2 Å². The van der Waals surface area contributed by atoms with Gasteiger partial charge in [0.05, 0.1) is 0 Å². The van der Waals surface area contributed by atoms with Gasteiger partial charge in [-0.1, -0.05) is 80.1 Å². The molecule has 1 nitrogen and oxygen atoms in total. The predicted molar refractivity (Wildman–Crippen MR) is 117 cm³/mol. The average molecular weight is 371 g/mol. The minimum absolute atomic E-state index is 0.0258. The lowest BCUT2D eigenvalue weighted by Gasteiger charge is -2.39. The molecule has 0 aromatic heterocycles. The maximum atomic E-state index is 11.3. The summed E-state index contributed by atoms with van der Waals surface area (Å²) >= 11 is 0. The molecule has 0 spiro atoms. The molecular formula is C26H42O. The van der Waals surface area contributed by atoms with Crippen molar-refractivity contribution in [2.24, 2.45) is 0 Å². The summed E-state index contributed by atoms with van der Waals surface area (Å²) in [6.07, 6.45) is 13.3. The highest BCUT2D eigenvalue weighted by Crippen LogP contribution is 2.50. The lowest BCUT2D eigenvalue weighted by Crippen LogP contribution is -2.27. The molecule has 0 heterocycles. The Balaban J connectivity index is 2.28. The van der Waals surface area contributed by atoms with Crippen LogP contribution in [0, 0.1) is 0 Å². The molecule has 0 amide bonds. The van der Waals surface area contributed by atoms with Gasteiger partial charge >= 0.3 is 0 Å². The van der Waals surface area contributed by atoms with E-state index in [-0.39, 0.29) is 10.8 Å². The van der Waals surface area contributed by atoms with Crippen LogP contribution in [0.25, 0.3) is 0 Å². The first-order valence-electron chi connectivity index (χ1n) is 11.5. The third-order valence-electron chi connectivity index (χ3n) is 6.93. The molecular weight excluding hydrogens is 328 g/mol. The second-order valence-electron chi connectivity index (χ2n) is 11.3. The summed E-state index contributed by atoms with van der Waals surface area (Å²) < 4.78 is 0. The first-order valence-corrected chi connectivity index (χ1v) is 11.5. The maximum absolute atomic E-state index is 11.3. The van der Waals surface area contributed by atoms with Crippen molar-refractivity contribution < 1.29 is 5.11 Å². The summed E-state index contributed by atoms with van der Waals surface area (Å²) in [7, 11) is 0. The molecule has 0 unspecified atom stereocenters. The van der Waals surface area contributed by atoms with Gasteiger partial charge in [-0.3, -0.25) is 0 Å². The number of phenols is 1. The number of rotatable bonds is 2. The lowest BCUT2D eigenvalue weighted by molar-refractivity contribution is 0.396. The van der Waals surface area contributed by atoms with Crippen LogP contribution in [0.2, 0.25) is 0 Å². The van der Waals surface area contributed by atoms with Crippen molar-refractivity contribution in [1.29, 1.82) is 0 Å². The molecule has 1 heteroatoms. The van der Waals surface area contributed by atoms with Crippen LogP contribution >= 0.6 is 0 Å². The van der Waals surface area contributed by atoms with Crippen LogP contribution in [-0.2, 0) is 10.8 Å². The van der Waals surface area contributed by atoms with Gasteiger partial charge in [-0.15, -0.1) is 0 Å². The van der Waals surface area contributed by atoms with E-state index >= 15 is 0 Å². The van der Waals surface area contributed by atoms with Crippen molar-refractivity contribution in [1.82, 2.24) is 0 Å². The van der Waals surface area contributed by atoms with Gasteiger partial charge in [0.15, 0.2) is 0 Å². The molecule has 2 fully saturated rings. The molecule has 1 aromatic carbocycles. The standard InChI is InChI=1S/C26H42O/c1-25(2,3)23-20(18-13-9-7-10-14-18)17-21(27)24(26(4,5)6)22(23)19-15-11-8-12-16-19/h17-19,27H,7-16H2,1-6H3. The van der Waals surface area contributed by atoms with Crippen LogP contribution in [0.4, 0.5) is 0 Å². The monoisotopic (exact) mass is 370 g/mol. The third kappa shape index (κ3) is 4.38. The Morgan fingerprint density at radius 1 is 0.667 bits per heavy atom. The highest BCUT2D eigenvalue weighted by atomic mass is 16.3. The Bertz CT molecular complexity index is 644. The maximum Gasteiger partial charge on any atom is 0.119 e. The Kier molecular flexibility index (Phi) is 5.99. The van der Waals surface area contributed by atoms with Gasteiger partial charge in [-0.2, -0.15) is 0 Å². The molecule has 1 N–H and O–H groups in total. The van der Waals surface area contributed by atoms with E-state index in [2.05, 4.69) is 47.6 Å². The number of aromatic hydroxyl groups is 1. The highest BCUT2D eigenvalue weighted by Gasteiger charge is 2.36. The Labute approximate surface area is 168 Å². The molecule has 2 saturated carbocycles. The van der Waals surface area contributed by atoms with Crippen LogP contribution in [0.15, 0.2) is 6.07 Å². The lowest BCUT2D eigenvalue weighted by atomic mass is 9.65. The van der Waals surface area contributed by atoms with Crippen LogP contribution in [0.5, 0.6) is 5.75 Å². The zero-order valence-corrected chi connectivity index (χ0v) is 18.8. The molecule has 2 aliphatic carbocycles. The normalized spacial score (nSPS) is 20.8. The SMILES string of the molecule is CC(C)(C)c1c(O)cc(C2CCCCC2)c(C(C)(C)C)c1C1CCCCC1. The minimum Gasteiger partial charge on any atom is -0.508 e. The van der Waals surface area contributed by atoms with Crippen LogP contribution in [-0.4, -0.2) is 5.11 Å². The first kappa shape index (κ1) is 20.7. The summed E-state index contributed by atoms with van der Waals surface area (Å²) in [5.74, 6) is 1.82. The van der Waals surface area contributed by atoms with Crippen LogP contribution in [0.1, 0.15) is 140 Å². The summed E-state index contributed by atoms with van der Waals surface area (Å²) in [6, 6.07) is 2.18. The van der Waals surface area contributed by atoms with E-state index in [1.807, 2.05) is 0 Å². The first-order chi connectivity index (χ1) is 12.6. The molecule has 0 atom stereocenters. The van der Waals surface area contributed by atoms with E-state index in [9.17, 15) is 5.11 Å². The summed E-state index contributed by atoms with van der Waals surface area (Å²) in [5.41, 5.74) is 5.93. The summed E-state index contributed by atoms with van der Waals surface area (Å²) in [5, 5.41) is 11.3. The number of benzene rings is 1. The second-order valence-corrected chi connectivity index (χ2v) is 11.3. The number of phenolic OH excluding ortho intramolecular Hbond substituents is 1. The second kappa shape index (κ2) is 7.80. The quantitative estimate of drug-likeness (QED) is 0.557. The molecule has 0 bridgehead atoms. The van der Waals surface area contributed by atoms with Gasteiger partial charge in [0.2, 0.25) is 0 Å². The van der Waals surface area contributed by atoms with E-state index in [1.165, 1.54) is 80.9 Å². The van der Waals surface area contributed by atoms with E-state index in [4.69, 9.17) is 0 Å². The van der Waals surface area contributed by atoms with Crippen molar-refractivity contribution in [3.8, 4) is 5.75 Å². The van der Waals surface area contributed by atoms with Gasteiger partial charge in [0, 0.05) is 5.56 Å².